The monoisotopic (exact) mass is 448 g/mol. The number of rotatable bonds is 7. The number of nitrogens with two attached hydrogens (primary N) is 1. The lowest BCUT2D eigenvalue weighted by Crippen LogP contribution is -2.45. The Kier molecular flexibility index (Phi) is 7.37. The maximum absolute atomic E-state index is 13.0. The fourth-order valence-electron chi connectivity index (χ4n) is 3.40. The number of nitrogens with one attached hydrogen (secondary N) is 2. The van der Waals surface area contributed by atoms with E-state index < -0.39 is 10.0 Å². The molecule has 2 amide bonds. The molecule has 1 aliphatic heterocycles. The Labute approximate surface area is 180 Å². The van der Waals surface area contributed by atoms with Gasteiger partial charge in [0.2, 0.25) is 15.9 Å². The second-order valence-electron chi connectivity index (χ2n) is 7.47. The molecule has 8 nitrogen and oxygen atoms in total. The van der Waals surface area contributed by atoms with Crippen molar-refractivity contribution >= 4 is 27.5 Å². The van der Waals surface area contributed by atoms with Gasteiger partial charge in [0.25, 0.3) is 5.91 Å². The summed E-state index contributed by atoms with van der Waals surface area (Å²) in [5, 5.41) is 10.7. The van der Waals surface area contributed by atoms with Gasteiger partial charge >= 0.3 is 0 Å². The number of likely N-dealkylation sites (tertiary alicyclic amines) is 1. The quantitative estimate of drug-likeness (QED) is 0.595. The predicted molar refractivity (Wildman–Crippen MR) is 114 cm³/mol. The molecule has 0 spiro atoms. The molecule has 3 rings (SSSR count). The summed E-state index contributed by atoms with van der Waals surface area (Å²) in [6.07, 6.45) is 1.77. The van der Waals surface area contributed by atoms with E-state index >= 15 is 0 Å². The lowest BCUT2D eigenvalue weighted by Gasteiger charge is -2.32. The zero-order chi connectivity index (χ0) is 22.4. The first-order chi connectivity index (χ1) is 14.7. The van der Waals surface area contributed by atoms with Gasteiger partial charge in [-0.25, -0.2) is 17.9 Å². The molecule has 0 aliphatic carbocycles. The van der Waals surface area contributed by atoms with Gasteiger partial charge in [-0.05, 0) is 55.3 Å². The Morgan fingerprint density at radius 3 is 2.42 bits per heavy atom. The highest BCUT2D eigenvalue weighted by Crippen LogP contribution is 2.15. The van der Waals surface area contributed by atoms with Crippen LogP contribution in [0.25, 0.3) is 0 Å². The predicted octanol–water partition coefficient (Wildman–Crippen LogP) is 1.70. The van der Waals surface area contributed by atoms with Crippen LogP contribution in [-0.2, 0) is 14.8 Å². The molecule has 0 unspecified atom stereocenters. The van der Waals surface area contributed by atoms with Gasteiger partial charge in [0.05, 0.1) is 4.90 Å². The van der Waals surface area contributed by atoms with Gasteiger partial charge in [-0.1, -0.05) is 6.07 Å². The number of hydrogen-bond donors (Lipinski definition) is 3. The molecule has 31 heavy (non-hydrogen) atoms. The van der Waals surface area contributed by atoms with Crippen molar-refractivity contribution in [3.8, 4) is 0 Å². The van der Waals surface area contributed by atoms with Crippen molar-refractivity contribution in [1.29, 1.82) is 0 Å². The molecule has 10 heteroatoms. The number of benzene rings is 2. The molecule has 0 aromatic heterocycles. The normalized spacial score (nSPS) is 15.4. The molecule has 0 bridgehead atoms. The zero-order valence-corrected chi connectivity index (χ0v) is 17.7. The average molecular weight is 449 g/mol. The van der Waals surface area contributed by atoms with Crippen LogP contribution >= 0.6 is 0 Å². The number of carbonyl (C=O) groups excluding carboxylic acids is 2. The Balaban J connectivity index is 1.40. The second kappa shape index (κ2) is 9.99. The molecule has 1 fully saturated rings. The van der Waals surface area contributed by atoms with Gasteiger partial charge in [0, 0.05) is 43.3 Å². The number of carbonyl (C=O) groups is 2. The third-order valence-electron chi connectivity index (χ3n) is 5.13. The molecule has 166 valence electrons. The highest BCUT2D eigenvalue weighted by molar-refractivity contribution is 7.89. The van der Waals surface area contributed by atoms with Crippen molar-refractivity contribution in [3.05, 3.63) is 59.9 Å². The van der Waals surface area contributed by atoms with Crippen LogP contribution in [-0.4, -0.2) is 50.8 Å². The maximum Gasteiger partial charge on any atom is 0.251 e. The minimum Gasteiger partial charge on any atom is -0.349 e. The molecule has 2 aromatic rings. The first kappa shape index (κ1) is 22.9. The van der Waals surface area contributed by atoms with Gasteiger partial charge in [-0.15, -0.1) is 0 Å². The Bertz CT molecular complexity index is 1040. The van der Waals surface area contributed by atoms with E-state index in [0.29, 0.717) is 17.8 Å². The Morgan fingerprint density at radius 2 is 1.77 bits per heavy atom. The van der Waals surface area contributed by atoms with E-state index in [1.54, 1.807) is 6.07 Å². The SMILES string of the molecule is NS(=O)(=O)c1cccc(NC(=O)CCN2CCC(NC(=O)c3ccc(F)cc3)CC2)c1. The molecular formula is C21H25FN4O4S. The summed E-state index contributed by atoms with van der Waals surface area (Å²) in [5.41, 5.74) is 0.797. The lowest BCUT2D eigenvalue weighted by molar-refractivity contribution is -0.116. The van der Waals surface area contributed by atoms with E-state index in [9.17, 15) is 22.4 Å². The van der Waals surface area contributed by atoms with E-state index in [-0.39, 0.29) is 35.0 Å². The van der Waals surface area contributed by atoms with E-state index in [4.69, 9.17) is 5.14 Å². The summed E-state index contributed by atoms with van der Waals surface area (Å²) < 4.78 is 35.8. The third kappa shape index (κ3) is 6.84. The Hall–Kier alpha value is -2.82. The summed E-state index contributed by atoms with van der Waals surface area (Å²) in [6, 6.07) is 11.3. The van der Waals surface area contributed by atoms with Crippen molar-refractivity contribution < 1.29 is 22.4 Å². The van der Waals surface area contributed by atoms with Crippen LogP contribution in [0.15, 0.2) is 53.4 Å². The molecule has 0 radical (unpaired) electrons. The number of piperidine rings is 1. The topological polar surface area (TPSA) is 122 Å². The number of anilines is 1. The smallest absolute Gasteiger partial charge is 0.251 e. The van der Waals surface area contributed by atoms with Crippen LogP contribution in [0.5, 0.6) is 0 Å². The average Bonchev–Trinajstić information content (AvgIpc) is 2.73. The van der Waals surface area contributed by atoms with Gasteiger partial charge in [0.1, 0.15) is 5.82 Å². The standard InChI is InChI=1S/C21H25FN4O4S/c22-16-6-4-15(5-7-16)21(28)25-17-8-11-26(12-9-17)13-10-20(27)24-18-2-1-3-19(14-18)31(23,29)30/h1-7,14,17H,8-13H2,(H,24,27)(H,25,28)(H2,23,29,30). The molecule has 4 N–H and O–H groups in total. The van der Waals surface area contributed by atoms with Gasteiger partial charge in [-0.2, -0.15) is 0 Å². The molecular weight excluding hydrogens is 423 g/mol. The summed E-state index contributed by atoms with van der Waals surface area (Å²) in [5.74, 6) is -0.830. The van der Waals surface area contributed by atoms with Crippen LogP contribution in [0.1, 0.15) is 29.6 Å². The molecule has 1 aliphatic rings. The molecule has 0 atom stereocenters. The van der Waals surface area contributed by atoms with Crippen LogP contribution < -0.4 is 15.8 Å². The largest absolute Gasteiger partial charge is 0.349 e. The van der Waals surface area contributed by atoms with Crippen molar-refractivity contribution in [2.24, 2.45) is 5.14 Å². The molecule has 1 heterocycles. The van der Waals surface area contributed by atoms with Crippen molar-refractivity contribution in [2.45, 2.75) is 30.2 Å². The van der Waals surface area contributed by atoms with Crippen molar-refractivity contribution in [3.63, 3.8) is 0 Å². The van der Waals surface area contributed by atoms with Crippen LogP contribution in [0.4, 0.5) is 10.1 Å². The van der Waals surface area contributed by atoms with Crippen molar-refractivity contribution in [2.75, 3.05) is 25.0 Å². The summed E-state index contributed by atoms with van der Waals surface area (Å²) >= 11 is 0. The summed E-state index contributed by atoms with van der Waals surface area (Å²) in [7, 11) is -3.83. The summed E-state index contributed by atoms with van der Waals surface area (Å²) in [4.78, 5) is 26.5. The fraction of sp³-hybridized carbons (Fsp3) is 0.333. The highest BCUT2D eigenvalue weighted by atomic mass is 32.2. The van der Waals surface area contributed by atoms with Gasteiger partial charge < -0.3 is 15.5 Å². The minimum absolute atomic E-state index is 0.0311. The number of sulfonamides is 1. The highest BCUT2D eigenvalue weighted by Gasteiger charge is 2.21. The van der Waals surface area contributed by atoms with Crippen LogP contribution in [0, 0.1) is 5.82 Å². The molecule has 2 aromatic carbocycles. The fourth-order valence-corrected chi connectivity index (χ4v) is 3.96. The van der Waals surface area contributed by atoms with Crippen LogP contribution in [0.2, 0.25) is 0 Å². The number of halogens is 1. The first-order valence-electron chi connectivity index (χ1n) is 9.92. The van der Waals surface area contributed by atoms with Crippen molar-refractivity contribution in [1.82, 2.24) is 10.2 Å². The number of hydrogen-bond acceptors (Lipinski definition) is 5. The second-order valence-corrected chi connectivity index (χ2v) is 9.03. The third-order valence-corrected chi connectivity index (χ3v) is 6.04. The molecule has 1 saturated heterocycles. The van der Waals surface area contributed by atoms with E-state index in [1.165, 1.54) is 42.5 Å². The first-order valence-corrected chi connectivity index (χ1v) is 11.5. The lowest BCUT2D eigenvalue weighted by atomic mass is 10.0. The summed E-state index contributed by atoms with van der Waals surface area (Å²) in [6.45, 7) is 2.03. The van der Waals surface area contributed by atoms with E-state index in [2.05, 4.69) is 15.5 Å². The number of amides is 2. The minimum atomic E-state index is -3.83. The van der Waals surface area contributed by atoms with E-state index in [0.717, 1.165) is 25.9 Å². The number of nitrogens with zero attached hydrogens (tertiary/aromatic N) is 1. The maximum atomic E-state index is 13.0. The van der Waals surface area contributed by atoms with E-state index in [1.807, 2.05) is 0 Å². The molecule has 0 saturated carbocycles. The zero-order valence-electron chi connectivity index (χ0n) is 16.9. The Morgan fingerprint density at radius 1 is 1.10 bits per heavy atom. The number of primary sulfonamides is 1. The van der Waals surface area contributed by atoms with Gasteiger partial charge in [-0.3, -0.25) is 9.59 Å². The van der Waals surface area contributed by atoms with Gasteiger partial charge in [0.15, 0.2) is 0 Å². The van der Waals surface area contributed by atoms with Crippen LogP contribution in [0.3, 0.4) is 0 Å².